The van der Waals surface area contributed by atoms with E-state index in [0.29, 0.717) is 0 Å². The van der Waals surface area contributed by atoms with Crippen LogP contribution in [-0.2, 0) is 19.9 Å². The molecule has 0 amide bonds. The zero-order valence-electron chi connectivity index (χ0n) is 10.8. The van der Waals surface area contributed by atoms with Gasteiger partial charge in [-0.05, 0) is 19.1 Å². The van der Waals surface area contributed by atoms with Crippen LogP contribution in [0.2, 0.25) is 0 Å². The minimum Gasteiger partial charge on any atom is -0.398 e. The van der Waals surface area contributed by atoms with Gasteiger partial charge in [-0.15, -0.1) is 0 Å². The van der Waals surface area contributed by atoms with E-state index in [1.54, 1.807) is 0 Å². The van der Waals surface area contributed by atoms with Crippen molar-refractivity contribution in [1.29, 1.82) is 0 Å². The highest BCUT2D eigenvalue weighted by atomic mass is 32.2. The Labute approximate surface area is 117 Å². The number of sulfonamides is 1. The monoisotopic (exact) mass is 322 g/mol. The Bertz CT molecular complexity index is 707. The van der Waals surface area contributed by atoms with Crippen molar-refractivity contribution in [2.75, 3.05) is 30.3 Å². The molecule has 1 saturated heterocycles. The molecule has 2 N–H and O–H groups in total. The Morgan fingerprint density at radius 2 is 1.80 bits per heavy atom. The van der Waals surface area contributed by atoms with Crippen molar-refractivity contribution in [3.63, 3.8) is 0 Å². The molecule has 0 aromatic heterocycles. The third kappa shape index (κ3) is 2.79. The average molecular weight is 322 g/mol. The van der Waals surface area contributed by atoms with E-state index in [-0.39, 0.29) is 40.7 Å². The average Bonchev–Trinajstić information content (AvgIpc) is 2.34. The minimum absolute atomic E-state index is 0.0493. The van der Waals surface area contributed by atoms with Crippen LogP contribution in [-0.4, -0.2) is 45.7 Å². The van der Waals surface area contributed by atoms with E-state index in [0.717, 1.165) is 10.4 Å². The van der Waals surface area contributed by atoms with Crippen molar-refractivity contribution in [1.82, 2.24) is 4.31 Å². The quantitative estimate of drug-likeness (QED) is 0.781. The molecule has 6 nitrogen and oxygen atoms in total. The number of rotatable bonds is 2. The van der Waals surface area contributed by atoms with E-state index in [4.69, 9.17) is 5.73 Å². The summed E-state index contributed by atoms with van der Waals surface area (Å²) in [5.41, 5.74) is 5.81. The Morgan fingerprint density at radius 3 is 2.30 bits per heavy atom. The van der Waals surface area contributed by atoms with Crippen molar-refractivity contribution < 1.29 is 21.2 Å². The van der Waals surface area contributed by atoms with Crippen LogP contribution in [0.4, 0.5) is 10.1 Å². The molecule has 0 aliphatic carbocycles. The van der Waals surface area contributed by atoms with Gasteiger partial charge in [0, 0.05) is 24.3 Å². The van der Waals surface area contributed by atoms with Crippen LogP contribution in [0.1, 0.15) is 5.56 Å². The van der Waals surface area contributed by atoms with Gasteiger partial charge in [0.05, 0.1) is 16.4 Å². The first-order valence-electron chi connectivity index (χ1n) is 5.90. The Kier molecular flexibility index (Phi) is 3.78. The first kappa shape index (κ1) is 15.2. The van der Waals surface area contributed by atoms with E-state index in [9.17, 15) is 21.2 Å². The number of halogens is 1. The smallest absolute Gasteiger partial charge is 0.243 e. The Morgan fingerprint density at radius 1 is 1.25 bits per heavy atom. The van der Waals surface area contributed by atoms with Crippen LogP contribution in [0.5, 0.6) is 0 Å². The molecule has 1 aliphatic heterocycles. The molecule has 1 aromatic carbocycles. The van der Waals surface area contributed by atoms with E-state index >= 15 is 0 Å². The van der Waals surface area contributed by atoms with E-state index in [2.05, 4.69) is 0 Å². The van der Waals surface area contributed by atoms with E-state index in [1.807, 2.05) is 0 Å². The fraction of sp³-hybridized carbons (Fsp3) is 0.455. The predicted molar refractivity (Wildman–Crippen MR) is 73.0 cm³/mol. The molecule has 20 heavy (non-hydrogen) atoms. The maximum atomic E-state index is 13.6. The molecule has 1 fully saturated rings. The van der Waals surface area contributed by atoms with Crippen LogP contribution in [0, 0.1) is 12.7 Å². The van der Waals surface area contributed by atoms with Crippen molar-refractivity contribution in [2.45, 2.75) is 11.8 Å². The lowest BCUT2D eigenvalue weighted by molar-refractivity contribution is 0.430. The highest BCUT2D eigenvalue weighted by molar-refractivity contribution is 7.92. The van der Waals surface area contributed by atoms with Gasteiger partial charge in [-0.2, -0.15) is 4.31 Å². The summed E-state index contributed by atoms with van der Waals surface area (Å²) in [6.07, 6.45) is 0. The highest BCUT2D eigenvalue weighted by Gasteiger charge is 2.31. The normalized spacial score (nSPS) is 19.9. The summed E-state index contributed by atoms with van der Waals surface area (Å²) in [6, 6.07) is 2.10. The Hall–Kier alpha value is -1.19. The predicted octanol–water partition coefficient (Wildman–Crippen LogP) is 0.135. The molecule has 0 radical (unpaired) electrons. The van der Waals surface area contributed by atoms with Gasteiger partial charge in [-0.1, -0.05) is 0 Å². The fourth-order valence-corrected chi connectivity index (χ4v) is 4.83. The molecule has 1 aliphatic rings. The zero-order valence-corrected chi connectivity index (χ0v) is 12.5. The van der Waals surface area contributed by atoms with Gasteiger partial charge in [-0.3, -0.25) is 0 Å². The second-order valence-electron chi connectivity index (χ2n) is 4.68. The first-order valence-corrected chi connectivity index (χ1v) is 9.16. The van der Waals surface area contributed by atoms with Crippen LogP contribution in [0.3, 0.4) is 0 Å². The van der Waals surface area contributed by atoms with Gasteiger partial charge in [0.2, 0.25) is 10.0 Å². The van der Waals surface area contributed by atoms with Crippen LogP contribution in [0.15, 0.2) is 17.0 Å². The summed E-state index contributed by atoms with van der Waals surface area (Å²) < 4.78 is 61.9. The van der Waals surface area contributed by atoms with Crippen molar-refractivity contribution in [3.05, 3.63) is 23.5 Å². The third-order valence-electron chi connectivity index (χ3n) is 3.30. The lowest BCUT2D eigenvalue weighted by Gasteiger charge is -2.26. The maximum Gasteiger partial charge on any atom is 0.243 e. The summed E-state index contributed by atoms with van der Waals surface area (Å²) in [4.78, 5) is -0.252. The molecule has 0 bridgehead atoms. The summed E-state index contributed by atoms with van der Waals surface area (Å²) in [5.74, 6) is -1.15. The molecule has 0 spiro atoms. The topological polar surface area (TPSA) is 97.5 Å². The number of hydrogen-bond donors (Lipinski definition) is 1. The summed E-state index contributed by atoms with van der Waals surface area (Å²) in [5, 5.41) is 0. The highest BCUT2D eigenvalue weighted by Crippen LogP contribution is 2.24. The fourth-order valence-electron chi connectivity index (χ4n) is 1.91. The third-order valence-corrected chi connectivity index (χ3v) is 6.78. The number of sulfone groups is 1. The number of hydrogen-bond acceptors (Lipinski definition) is 5. The van der Waals surface area contributed by atoms with Crippen LogP contribution >= 0.6 is 0 Å². The van der Waals surface area contributed by atoms with Crippen LogP contribution < -0.4 is 5.73 Å². The summed E-state index contributed by atoms with van der Waals surface area (Å²) >= 11 is 0. The number of nitrogens with zero attached hydrogens (tertiary/aromatic N) is 1. The van der Waals surface area contributed by atoms with Gasteiger partial charge in [-0.25, -0.2) is 21.2 Å². The van der Waals surface area contributed by atoms with E-state index in [1.165, 1.54) is 13.0 Å². The molecule has 9 heteroatoms. The molecule has 0 saturated carbocycles. The molecule has 1 heterocycles. The van der Waals surface area contributed by atoms with Gasteiger partial charge >= 0.3 is 0 Å². The molecule has 1 aromatic rings. The van der Waals surface area contributed by atoms with Gasteiger partial charge in [0.15, 0.2) is 9.84 Å². The SMILES string of the molecule is Cc1c(N)cc(S(=O)(=O)N2CCS(=O)(=O)CC2)cc1F. The largest absolute Gasteiger partial charge is 0.398 e. The standard InChI is InChI=1S/C11H15FN2O4S2/c1-8-10(12)6-9(7-11(8)13)20(17,18)14-2-4-19(15,16)5-3-14/h6-7H,2-5,13H2,1H3. The number of nitrogens with two attached hydrogens (primary N) is 1. The van der Waals surface area contributed by atoms with Gasteiger partial charge in [0.25, 0.3) is 0 Å². The van der Waals surface area contributed by atoms with Crippen molar-refractivity contribution in [3.8, 4) is 0 Å². The van der Waals surface area contributed by atoms with Gasteiger partial charge < -0.3 is 5.73 Å². The van der Waals surface area contributed by atoms with Crippen molar-refractivity contribution in [2.24, 2.45) is 0 Å². The second kappa shape index (κ2) is 4.97. The lowest BCUT2D eigenvalue weighted by Crippen LogP contribution is -2.43. The summed E-state index contributed by atoms with van der Waals surface area (Å²) in [7, 11) is -7.11. The maximum absolute atomic E-state index is 13.6. The molecular formula is C11H15FN2O4S2. The first-order chi connectivity index (χ1) is 9.13. The molecule has 2 rings (SSSR count). The van der Waals surface area contributed by atoms with E-state index < -0.39 is 25.7 Å². The lowest BCUT2D eigenvalue weighted by atomic mass is 10.2. The Balaban J connectivity index is 2.37. The second-order valence-corrected chi connectivity index (χ2v) is 8.92. The minimum atomic E-state index is -3.93. The number of benzene rings is 1. The number of nitrogen functional groups attached to an aromatic ring is 1. The molecule has 0 atom stereocenters. The van der Waals surface area contributed by atoms with Crippen LogP contribution in [0.25, 0.3) is 0 Å². The molecular weight excluding hydrogens is 307 g/mol. The molecule has 112 valence electrons. The van der Waals surface area contributed by atoms with Crippen molar-refractivity contribution >= 4 is 25.5 Å². The zero-order chi connectivity index (χ0) is 15.1. The molecule has 0 unspecified atom stereocenters. The number of anilines is 1. The van der Waals surface area contributed by atoms with Gasteiger partial charge in [0.1, 0.15) is 5.82 Å². The summed E-state index contributed by atoms with van der Waals surface area (Å²) in [6.45, 7) is 1.20.